The fraction of sp³-hybridized carbons (Fsp3) is 0.650. The van der Waals surface area contributed by atoms with Crippen molar-refractivity contribution in [3.05, 3.63) is 29.8 Å². The van der Waals surface area contributed by atoms with Crippen molar-refractivity contribution in [1.29, 1.82) is 0 Å². The second-order valence-corrected chi connectivity index (χ2v) is 10.9. The molecule has 0 heterocycles. The number of guanidine groups is 1. The standard InChI is InChI=1S/C20H35N3O3S/c1-15(2)14-26-18-10-8-17(9-11-18)16(3)23-19(21-7)22-12-13-27(24,25)20(4,5)6/h8-11,15-16H,12-14H2,1-7H3,(H2,21,22,23). The summed E-state index contributed by atoms with van der Waals surface area (Å²) in [7, 11) is -1.49. The molecule has 0 saturated carbocycles. The number of nitrogens with zero attached hydrogens (tertiary/aromatic N) is 1. The first kappa shape index (κ1) is 23.3. The normalized spacial score (nSPS) is 14.1. The number of ether oxygens (including phenoxy) is 1. The number of sulfone groups is 1. The maximum Gasteiger partial charge on any atom is 0.191 e. The Morgan fingerprint density at radius 3 is 2.22 bits per heavy atom. The molecule has 27 heavy (non-hydrogen) atoms. The lowest BCUT2D eigenvalue weighted by Crippen LogP contribution is -2.42. The van der Waals surface area contributed by atoms with Gasteiger partial charge >= 0.3 is 0 Å². The van der Waals surface area contributed by atoms with E-state index in [1.807, 2.05) is 31.2 Å². The first-order chi connectivity index (χ1) is 12.5. The molecule has 6 nitrogen and oxygen atoms in total. The molecule has 0 aliphatic carbocycles. The van der Waals surface area contributed by atoms with Crippen molar-refractivity contribution in [3.63, 3.8) is 0 Å². The third-order valence-corrected chi connectivity index (χ3v) is 6.74. The summed E-state index contributed by atoms with van der Waals surface area (Å²) in [5, 5.41) is 6.36. The van der Waals surface area contributed by atoms with Crippen LogP contribution in [-0.2, 0) is 9.84 Å². The SMILES string of the molecule is CN=C(NCCS(=O)(=O)C(C)(C)C)NC(C)c1ccc(OCC(C)C)cc1. The zero-order valence-electron chi connectivity index (χ0n) is 17.7. The van der Waals surface area contributed by atoms with Crippen molar-refractivity contribution >= 4 is 15.8 Å². The Balaban J connectivity index is 2.57. The summed E-state index contributed by atoms with van der Waals surface area (Å²) < 4.78 is 29.3. The van der Waals surface area contributed by atoms with Crippen LogP contribution in [0.1, 0.15) is 53.1 Å². The highest BCUT2D eigenvalue weighted by Gasteiger charge is 2.28. The molecule has 0 bridgehead atoms. The van der Waals surface area contributed by atoms with Crippen molar-refractivity contribution in [2.75, 3.05) is 26.0 Å². The van der Waals surface area contributed by atoms with Crippen LogP contribution in [-0.4, -0.2) is 45.1 Å². The van der Waals surface area contributed by atoms with Crippen molar-refractivity contribution in [3.8, 4) is 5.75 Å². The van der Waals surface area contributed by atoms with E-state index in [-0.39, 0.29) is 11.8 Å². The van der Waals surface area contributed by atoms with Gasteiger partial charge in [0.15, 0.2) is 15.8 Å². The number of nitrogens with one attached hydrogen (secondary N) is 2. The van der Waals surface area contributed by atoms with E-state index in [9.17, 15) is 8.42 Å². The quantitative estimate of drug-likeness (QED) is 0.520. The largest absolute Gasteiger partial charge is 0.493 e. The first-order valence-corrected chi connectivity index (χ1v) is 11.0. The van der Waals surface area contributed by atoms with Crippen LogP contribution in [0.15, 0.2) is 29.3 Å². The highest BCUT2D eigenvalue weighted by molar-refractivity contribution is 7.92. The molecule has 0 aromatic heterocycles. The van der Waals surface area contributed by atoms with Crippen LogP contribution >= 0.6 is 0 Å². The van der Waals surface area contributed by atoms with Gasteiger partial charge in [0.05, 0.1) is 23.1 Å². The van der Waals surface area contributed by atoms with E-state index in [2.05, 4.69) is 29.5 Å². The average molecular weight is 398 g/mol. The van der Waals surface area contributed by atoms with Gasteiger partial charge < -0.3 is 15.4 Å². The predicted molar refractivity (Wildman–Crippen MR) is 113 cm³/mol. The highest BCUT2D eigenvalue weighted by atomic mass is 32.2. The molecule has 0 fully saturated rings. The fourth-order valence-electron chi connectivity index (χ4n) is 2.21. The maximum atomic E-state index is 12.2. The molecule has 0 saturated heterocycles. The van der Waals surface area contributed by atoms with E-state index in [0.29, 0.717) is 25.0 Å². The summed E-state index contributed by atoms with van der Waals surface area (Å²) in [6, 6.07) is 7.98. The lowest BCUT2D eigenvalue weighted by molar-refractivity contribution is 0.271. The zero-order valence-corrected chi connectivity index (χ0v) is 18.5. The Bertz CT molecular complexity index is 705. The molecule has 0 aliphatic rings. The van der Waals surface area contributed by atoms with E-state index >= 15 is 0 Å². The minimum absolute atomic E-state index is 0.0228. The number of hydrogen-bond donors (Lipinski definition) is 2. The average Bonchev–Trinajstić information content (AvgIpc) is 2.58. The third-order valence-electron chi connectivity index (χ3n) is 4.14. The second kappa shape index (κ2) is 9.97. The maximum absolute atomic E-state index is 12.2. The van der Waals surface area contributed by atoms with Crippen LogP contribution in [0.2, 0.25) is 0 Å². The minimum atomic E-state index is -3.16. The van der Waals surface area contributed by atoms with Gasteiger partial charge in [-0.25, -0.2) is 8.42 Å². The van der Waals surface area contributed by atoms with Crippen LogP contribution in [0.25, 0.3) is 0 Å². The van der Waals surface area contributed by atoms with Gasteiger partial charge in [-0.1, -0.05) is 26.0 Å². The van der Waals surface area contributed by atoms with E-state index < -0.39 is 14.6 Å². The van der Waals surface area contributed by atoms with E-state index in [1.54, 1.807) is 27.8 Å². The summed E-state index contributed by atoms with van der Waals surface area (Å²) >= 11 is 0. The van der Waals surface area contributed by atoms with Gasteiger partial charge in [-0.15, -0.1) is 0 Å². The van der Waals surface area contributed by atoms with Crippen molar-refractivity contribution in [2.45, 2.75) is 52.3 Å². The summed E-state index contributed by atoms with van der Waals surface area (Å²) in [6.07, 6.45) is 0. The zero-order chi connectivity index (χ0) is 20.7. The van der Waals surface area contributed by atoms with E-state index in [4.69, 9.17) is 4.74 Å². The minimum Gasteiger partial charge on any atom is -0.493 e. The predicted octanol–water partition coefficient (Wildman–Crippen LogP) is 3.16. The number of aliphatic imine (C=N–C) groups is 1. The summed E-state index contributed by atoms with van der Waals surface area (Å²) in [5.74, 6) is 1.98. The molecule has 1 aromatic rings. The lowest BCUT2D eigenvalue weighted by Gasteiger charge is -2.21. The van der Waals surface area contributed by atoms with Crippen LogP contribution < -0.4 is 15.4 Å². The second-order valence-electron chi connectivity index (χ2n) is 8.07. The van der Waals surface area contributed by atoms with Crippen molar-refractivity contribution < 1.29 is 13.2 Å². The first-order valence-electron chi connectivity index (χ1n) is 9.38. The third kappa shape index (κ3) is 7.79. The van der Waals surface area contributed by atoms with Crippen LogP contribution in [0, 0.1) is 5.92 Å². The molecule has 1 aromatic carbocycles. The monoisotopic (exact) mass is 397 g/mol. The molecular formula is C20H35N3O3S. The van der Waals surface area contributed by atoms with Gasteiger partial charge in [0.25, 0.3) is 0 Å². The Morgan fingerprint density at radius 1 is 1.15 bits per heavy atom. The van der Waals surface area contributed by atoms with Gasteiger partial charge in [0.2, 0.25) is 0 Å². The summed E-state index contributed by atoms with van der Waals surface area (Å²) in [5.41, 5.74) is 1.09. The molecule has 2 N–H and O–H groups in total. The number of rotatable bonds is 8. The van der Waals surface area contributed by atoms with Gasteiger partial charge in [-0.3, -0.25) is 4.99 Å². The molecule has 1 unspecified atom stereocenters. The summed E-state index contributed by atoms with van der Waals surface area (Å²) in [6.45, 7) is 12.4. The molecule has 1 atom stereocenters. The topological polar surface area (TPSA) is 79.8 Å². The van der Waals surface area contributed by atoms with Gasteiger partial charge in [-0.2, -0.15) is 0 Å². The lowest BCUT2D eigenvalue weighted by atomic mass is 10.1. The van der Waals surface area contributed by atoms with Gasteiger partial charge in [-0.05, 0) is 51.3 Å². The highest BCUT2D eigenvalue weighted by Crippen LogP contribution is 2.18. The van der Waals surface area contributed by atoms with Crippen molar-refractivity contribution in [1.82, 2.24) is 10.6 Å². The van der Waals surface area contributed by atoms with Gasteiger partial charge in [0.1, 0.15) is 5.75 Å². The van der Waals surface area contributed by atoms with Gasteiger partial charge in [0, 0.05) is 13.6 Å². The fourth-order valence-corrected chi connectivity index (χ4v) is 3.19. The van der Waals surface area contributed by atoms with Crippen molar-refractivity contribution in [2.24, 2.45) is 10.9 Å². The molecule has 0 radical (unpaired) electrons. The smallest absolute Gasteiger partial charge is 0.191 e. The molecule has 0 aliphatic heterocycles. The molecule has 0 amide bonds. The van der Waals surface area contributed by atoms with Crippen LogP contribution in [0.3, 0.4) is 0 Å². The summed E-state index contributed by atoms with van der Waals surface area (Å²) in [4.78, 5) is 4.18. The van der Waals surface area contributed by atoms with E-state index in [0.717, 1.165) is 11.3 Å². The van der Waals surface area contributed by atoms with E-state index in [1.165, 1.54) is 0 Å². The molecule has 7 heteroatoms. The van der Waals surface area contributed by atoms with Crippen LogP contribution in [0.4, 0.5) is 0 Å². The number of hydrogen-bond acceptors (Lipinski definition) is 4. The molecule has 1 rings (SSSR count). The number of benzene rings is 1. The Kier molecular flexibility index (Phi) is 8.59. The molecule has 154 valence electrons. The Hall–Kier alpha value is -1.76. The molecular weight excluding hydrogens is 362 g/mol. The molecule has 0 spiro atoms. The van der Waals surface area contributed by atoms with Crippen LogP contribution in [0.5, 0.6) is 5.75 Å². The Labute approximate surface area is 164 Å². The Morgan fingerprint density at radius 2 is 1.74 bits per heavy atom.